The largest absolute Gasteiger partial charge is 0.462 e. The Balaban J connectivity index is 3.06. The third-order valence-electron chi connectivity index (χ3n) is 2.36. The smallest absolute Gasteiger partial charge is 0.332 e. The van der Waals surface area contributed by atoms with Crippen molar-refractivity contribution in [1.29, 1.82) is 0 Å². The van der Waals surface area contributed by atoms with Crippen LogP contribution in [0.3, 0.4) is 0 Å². The molecule has 0 saturated heterocycles. The van der Waals surface area contributed by atoms with E-state index in [-0.39, 0.29) is 13.2 Å². The van der Waals surface area contributed by atoms with Gasteiger partial charge in [-0.3, -0.25) is 0 Å². The van der Waals surface area contributed by atoms with E-state index in [1.54, 1.807) is 0 Å². The normalized spacial score (nSPS) is 10.8. The highest BCUT2D eigenvalue weighted by Crippen LogP contribution is 1.88. The van der Waals surface area contributed by atoms with Crippen LogP contribution >= 0.6 is 0 Å². The molecule has 0 spiro atoms. The summed E-state index contributed by atoms with van der Waals surface area (Å²) in [4.78, 5) is 11.1. The van der Waals surface area contributed by atoms with Gasteiger partial charge in [0.25, 0.3) is 0 Å². The molecule has 0 aliphatic carbocycles. The minimum Gasteiger partial charge on any atom is -0.462 e. The molecule has 7 nitrogen and oxygen atoms in total. The maximum absolute atomic E-state index is 11.1. The van der Waals surface area contributed by atoms with Gasteiger partial charge in [-0.2, -0.15) is 0 Å². The van der Waals surface area contributed by atoms with Crippen LogP contribution in [-0.2, 0) is 28.5 Å². The molecule has 0 aromatic rings. The Morgan fingerprint density at radius 1 is 0.810 bits per heavy atom. The van der Waals surface area contributed by atoms with Crippen LogP contribution in [0.5, 0.6) is 0 Å². The van der Waals surface area contributed by atoms with Crippen molar-refractivity contribution in [1.82, 2.24) is 0 Å². The summed E-state index contributed by atoms with van der Waals surface area (Å²) >= 11 is 0. The Kier molecular flexibility index (Phi) is 16.7. The van der Waals surface area contributed by atoms with Crippen LogP contribution in [0.15, 0.2) is 0 Å². The van der Waals surface area contributed by atoms with Crippen molar-refractivity contribution in [2.45, 2.75) is 19.8 Å². The summed E-state index contributed by atoms with van der Waals surface area (Å²) in [6, 6.07) is 0. The first-order valence-electron chi connectivity index (χ1n) is 7.48. The zero-order chi connectivity index (χ0) is 15.6. The minimum absolute atomic E-state index is 0.0711. The summed E-state index contributed by atoms with van der Waals surface area (Å²) in [6.45, 7) is 6.30. The number of esters is 1. The molecule has 0 fully saturated rings. The number of nitrogens with two attached hydrogens (primary N) is 1. The predicted molar refractivity (Wildman–Crippen MR) is 78.2 cm³/mol. The second-order valence-corrected chi connectivity index (χ2v) is 4.25. The topological polar surface area (TPSA) is 89.2 Å². The van der Waals surface area contributed by atoms with E-state index in [4.69, 9.17) is 29.4 Å². The van der Waals surface area contributed by atoms with Crippen LogP contribution in [0.4, 0.5) is 0 Å². The zero-order valence-corrected chi connectivity index (χ0v) is 13.0. The van der Waals surface area contributed by atoms with Crippen molar-refractivity contribution in [3.05, 3.63) is 0 Å². The Bertz CT molecular complexity index is 228. The van der Waals surface area contributed by atoms with Gasteiger partial charge in [0.1, 0.15) is 13.2 Å². The molecule has 7 heteroatoms. The van der Waals surface area contributed by atoms with Crippen molar-refractivity contribution in [3.8, 4) is 0 Å². The number of rotatable bonds is 16. The molecule has 0 atom stereocenters. The molecule has 21 heavy (non-hydrogen) atoms. The summed E-state index contributed by atoms with van der Waals surface area (Å²) in [7, 11) is 0. The van der Waals surface area contributed by atoms with E-state index < -0.39 is 5.97 Å². The predicted octanol–water partition coefficient (Wildman–Crippen LogP) is 0.355. The van der Waals surface area contributed by atoms with Crippen molar-refractivity contribution >= 4 is 5.97 Å². The summed E-state index contributed by atoms with van der Waals surface area (Å²) in [5.74, 6) is -0.410. The lowest BCUT2D eigenvalue weighted by Crippen LogP contribution is -2.19. The van der Waals surface area contributed by atoms with Crippen molar-refractivity contribution < 1.29 is 28.5 Å². The Morgan fingerprint density at radius 3 is 1.95 bits per heavy atom. The van der Waals surface area contributed by atoms with E-state index in [2.05, 4.69) is 6.92 Å². The van der Waals surface area contributed by atoms with E-state index in [1.807, 2.05) is 0 Å². The van der Waals surface area contributed by atoms with E-state index >= 15 is 0 Å². The summed E-state index contributed by atoms with van der Waals surface area (Å²) in [6.07, 6.45) is 2.22. The zero-order valence-electron chi connectivity index (χ0n) is 13.0. The Hall–Kier alpha value is -0.730. The van der Waals surface area contributed by atoms with Gasteiger partial charge in [-0.15, -0.1) is 0 Å². The van der Waals surface area contributed by atoms with Crippen LogP contribution in [-0.4, -0.2) is 72.0 Å². The number of hydrogen-bond acceptors (Lipinski definition) is 7. The highest BCUT2D eigenvalue weighted by atomic mass is 16.6. The fourth-order valence-corrected chi connectivity index (χ4v) is 1.28. The molecule has 0 bridgehead atoms. The molecule has 0 heterocycles. The summed E-state index contributed by atoms with van der Waals surface area (Å²) in [5.41, 5.74) is 5.22. The molecule has 0 aliphatic rings. The maximum atomic E-state index is 11.1. The lowest BCUT2D eigenvalue weighted by molar-refractivity contribution is -0.150. The van der Waals surface area contributed by atoms with E-state index in [9.17, 15) is 4.79 Å². The number of unbranched alkanes of at least 4 members (excludes halogenated alkanes) is 1. The Morgan fingerprint density at radius 2 is 1.38 bits per heavy atom. The Labute approximate surface area is 127 Å². The number of carbonyl (C=O) groups is 1. The third-order valence-corrected chi connectivity index (χ3v) is 2.36. The molecule has 0 radical (unpaired) electrons. The molecule has 0 aromatic carbocycles. The second-order valence-electron chi connectivity index (χ2n) is 4.25. The van der Waals surface area contributed by atoms with Gasteiger partial charge in [-0.1, -0.05) is 13.3 Å². The highest BCUT2D eigenvalue weighted by Gasteiger charge is 2.01. The van der Waals surface area contributed by atoms with Crippen molar-refractivity contribution in [3.63, 3.8) is 0 Å². The average molecular weight is 307 g/mol. The van der Waals surface area contributed by atoms with Gasteiger partial charge < -0.3 is 29.4 Å². The maximum Gasteiger partial charge on any atom is 0.332 e. The van der Waals surface area contributed by atoms with E-state index in [0.29, 0.717) is 46.2 Å². The first kappa shape index (κ1) is 20.3. The molecule has 0 unspecified atom stereocenters. The van der Waals surface area contributed by atoms with Crippen molar-refractivity contribution in [2.24, 2.45) is 5.73 Å². The molecule has 0 aliphatic heterocycles. The van der Waals surface area contributed by atoms with Gasteiger partial charge in [-0.05, 0) is 6.42 Å². The van der Waals surface area contributed by atoms with Gasteiger partial charge in [0.15, 0.2) is 0 Å². The fraction of sp³-hybridized carbons (Fsp3) is 0.929. The first-order valence-corrected chi connectivity index (χ1v) is 7.48. The van der Waals surface area contributed by atoms with E-state index in [0.717, 1.165) is 19.4 Å². The third kappa shape index (κ3) is 17.2. The van der Waals surface area contributed by atoms with Gasteiger partial charge in [0, 0.05) is 13.2 Å². The van der Waals surface area contributed by atoms with Crippen LogP contribution in [0.1, 0.15) is 19.8 Å². The first-order chi connectivity index (χ1) is 10.3. The molecule has 126 valence electrons. The van der Waals surface area contributed by atoms with Crippen LogP contribution in [0.25, 0.3) is 0 Å². The summed E-state index contributed by atoms with van der Waals surface area (Å²) in [5, 5.41) is 0. The molecule has 0 rings (SSSR count). The van der Waals surface area contributed by atoms with Gasteiger partial charge in [-0.25, -0.2) is 4.79 Å². The monoisotopic (exact) mass is 307 g/mol. The number of hydrogen-bond donors (Lipinski definition) is 1. The van der Waals surface area contributed by atoms with Gasteiger partial charge in [0.05, 0.1) is 39.6 Å². The van der Waals surface area contributed by atoms with Crippen molar-refractivity contribution in [2.75, 3.05) is 66.0 Å². The SMILES string of the molecule is CCCCOCCOCCOCCOC(=O)COCCN. The number of ether oxygens (including phenoxy) is 5. The summed E-state index contributed by atoms with van der Waals surface area (Å²) < 4.78 is 25.7. The van der Waals surface area contributed by atoms with Crippen LogP contribution < -0.4 is 5.73 Å². The molecule has 2 N–H and O–H groups in total. The lowest BCUT2D eigenvalue weighted by Gasteiger charge is -2.07. The molecule has 0 amide bonds. The van der Waals surface area contributed by atoms with Crippen LogP contribution in [0, 0.1) is 0 Å². The standard InChI is InChI=1S/C14H29NO6/c1-2-3-5-17-7-8-18-9-10-19-11-12-21-14(16)13-20-6-4-15/h2-13,15H2,1H3. The average Bonchev–Trinajstić information content (AvgIpc) is 2.48. The second kappa shape index (κ2) is 17.3. The van der Waals surface area contributed by atoms with Gasteiger partial charge in [0.2, 0.25) is 0 Å². The molecule has 0 aromatic heterocycles. The molecule has 0 saturated carbocycles. The molecular formula is C14H29NO6. The molecular weight excluding hydrogens is 278 g/mol. The lowest BCUT2D eigenvalue weighted by atomic mass is 10.4. The minimum atomic E-state index is -0.410. The quantitative estimate of drug-likeness (QED) is 0.325. The van der Waals surface area contributed by atoms with Crippen LogP contribution in [0.2, 0.25) is 0 Å². The fourth-order valence-electron chi connectivity index (χ4n) is 1.28. The highest BCUT2D eigenvalue weighted by molar-refractivity contribution is 5.70. The van der Waals surface area contributed by atoms with Gasteiger partial charge >= 0.3 is 5.97 Å². The van der Waals surface area contributed by atoms with E-state index in [1.165, 1.54) is 0 Å². The number of carbonyl (C=O) groups excluding carboxylic acids is 1.